The van der Waals surface area contributed by atoms with Gasteiger partial charge in [-0.25, -0.2) is 9.59 Å². The smallest absolute Gasteiger partial charge is 0.412 e. The quantitative estimate of drug-likeness (QED) is 0.881. The van der Waals surface area contributed by atoms with E-state index in [1.165, 1.54) is 13.2 Å². The minimum atomic E-state index is -1.19. The average Bonchev–Trinajstić information content (AvgIpc) is 2.94. The largest absolute Gasteiger partial charge is 0.496 e. The predicted molar refractivity (Wildman–Crippen MR) is 85.3 cm³/mol. The molecule has 2 rings (SSSR count). The van der Waals surface area contributed by atoms with Crippen molar-refractivity contribution < 1.29 is 28.7 Å². The molecule has 0 radical (unpaired) electrons. The number of anilines is 1. The number of hydrogen-bond donors (Lipinski definition) is 2. The molecule has 0 aliphatic carbocycles. The van der Waals surface area contributed by atoms with E-state index in [-0.39, 0.29) is 11.5 Å². The normalized spacial score (nSPS) is 11.0. The molecule has 128 valence electrons. The lowest BCUT2D eigenvalue weighted by Gasteiger charge is -2.20. The third kappa shape index (κ3) is 4.25. The zero-order chi connectivity index (χ0) is 17.9. The topological polar surface area (TPSA) is 111 Å². The summed E-state index contributed by atoms with van der Waals surface area (Å²) in [5.74, 6) is -0.558. The van der Waals surface area contributed by atoms with Gasteiger partial charge in [-0.05, 0) is 32.9 Å². The highest BCUT2D eigenvalue weighted by atomic mass is 16.6. The highest BCUT2D eigenvalue weighted by Crippen LogP contribution is 2.33. The second kappa shape index (κ2) is 6.61. The molecule has 0 aliphatic rings. The van der Waals surface area contributed by atoms with Gasteiger partial charge >= 0.3 is 12.1 Å². The van der Waals surface area contributed by atoms with Crippen LogP contribution < -0.4 is 10.1 Å². The summed E-state index contributed by atoms with van der Waals surface area (Å²) in [5.41, 5.74) is 0.152. The Morgan fingerprint density at radius 1 is 1.25 bits per heavy atom. The van der Waals surface area contributed by atoms with Gasteiger partial charge in [0.15, 0.2) is 11.5 Å². The van der Waals surface area contributed by atoms with Crippen molar-refractivity contribution in [2.45, 2.75) is 26.4 Å². The number of methoxy groups -OCH3 is 1. The van der Waals surface area contributed by atoms with Crippen LogP contribution in [-0.2, 0) is 4.74 Å². The second-order valence-electron chi connectivity index (χ2n) is 5.92. The fourth-order valence-corrected chi connectivity index (χ4v) is 1.90. The van der Waals surface area contributed by atoms with Crippen molar-refractivity contribution in [2.24, 2.45) is 0 Å². The lowest BCUT2D eigenvalue weighted by Crippen LogP contribution is -2.27. The summed E-state index contributed by atoms with van der Waals surface area (Å²) in [5, 5.41) is 14.9. The number of nitrogens with zero attached hydrogens (tertiary/aromatic N) is 1. The Balaban J connectivity index is 2.24. The summed E-state index contributed by atoms with van der Waals surface area (Å²) in [4.78, 5) is 22.7. The molecule has 1 aromatic heterocycles. The van der Waals surface area contributed by atoms with E-state index in [2.05, 4.69) is 10.5 Å². The minimum absolute atomic E-state index is 0.206. The van der Waals surface area contributed by atoms with Crippen LogP contribution in [-0.4, -0.2) is 35.0 Å². The number of benzene rings is 1. The average molecular weight is 334 g/mol. The van der Waals surface area contributed by atoms with Gasteiger partial charge in [-0.15, -0.1) is 0 Å². The standard InChI is InChI=1S/C16H18N2O6/c1-16(2,3)23-15(21)17-9-5-6-10(12(7-9)22-4)13-8-11(14(19)20)18-24-13/h5-8H,1-4H3,(H,17,21)(H,19,20). The molecule has 0 bridgehead atoms. The van der Waals surface area contributed by atoms with Crippen LogP contribution >= 0.6 is 0 Å². The van der Waals surface area contributed by atoms with Gasteiger partial charge in [0.25, 0.3) is 0 Å². The maximum atomic E-state index is 11.8. The number of carbonyl (C=O) groups is 2. The number of aromatic carboxylic acids is 1. The summed E-state index contributed by atoms with van der Waals surface area (Å²) in [6.07, 6.45) is -0.592. The van der Waals surface area contributed by atoms with Crippen molar-refractivity contribution in [1.29, 1.82) is 0 Å². The van der Waals surface area contributed by atoms with Crippen LogP contribution in [0.5, 0.6) is 5.75 Å². The Morgan fingerprint density at radius 2 is 1.96 bits per heavy atom. The Labute approximate surface area is 138 Å². The minimum Gasteiger partial charge on any atom is -0.496 e. The highest BCUT2D eigenvalue weighted by Gasteiger charge is 2.18. The molecule has 8 heteroatoms. The van der Waals surface area contributed by atoms with Gasteiger partial charge in [-0.2, -0.15) is 0 Å². The molecule has 0 atom stereocenters. The number of ether oxygens (including phenoxy) is 2. The van der Waals surface area contributed by atoms with Gasteiger partial charge in [0.1, 0.15) is 11.4 Å². The van der Waals surface area contributed by atoms with Gasteiger partial charge in [0.05, 0.1) is 12.7 Å². The van der Waals surface area contributed by atoms with Gasteiger partial charge in [0.2, 0.25) is 0 Å². The number of carboxylic acid groups (broad SMARTS) is 1. The summed E-state index contributed by atoms with van der Waals surface area (Å²) in [6, 6.07) is 6.10. The Kier molecular flexibility index (Phi) is 4.77. The van der Waals surface area contributed by atoms with Crippen LogP contribution in [0.25, 0.3) is 11.3 Å². The van der Waals surface area contributed by atoms with Gasteiger partial charge in [-0.3, -0.25) is 5.32 Å². The van der Waals surface area contributed by atoms with Crippen LogP contribution in [0, 0.1) is 0 Å². The number of aromatic nitrogens is 1. The molecule has 0 spiro atoms. The van der Waals surface area contributed by atoms with Crippen molar-refractivity contribution in [2.75, 3.05) is 12.4 Å². The number of carboxylic acids is 1. The lowest BCUT2D eigenvalue weighted by molar-refractivity contribution is 0.0633. The Morgan fingerprint density at radius 3 is 2.50 bits per heavy atom. The van der Waals surface area contributed by atoms with Gasteiger partial charge in [0, 0.05) is 17.8 Å². The zero-order valence-electron chi connectivity index (χ0n) is 13.7. The molecule has 1 heterocycles. The third-order valence-electron chi connectivity index (χ3n) is 2.84. The van der Waals surface area contributed by atoms with E-state index in [0.717, 1.165) is 0 Å². The number of hydrogen-bond acceptors (Lipinski definition) is 6. The first-order chi connectivity index (χ1) is 11.2. The van der Waals surface area contributed by atoms with E-state index >= 15 is 0 Å². The second-order valence-corrected chi connectivity index (χ2v) is 5.92. The lowest BCUT2D eigenvalue weighted by atomic mass is 10.1. The molecular weight excluding hydrogens is 316 g/mol. The molecule has 24 heavy (non-hydrogen) atoms. The summed E-state index contributed by atoms with van der Waals surface area (Å²) in [7, 11) is 1.45. The number of carbonyl (C=O) groups excluding carboxylic acids is 1. The molecule has 0 unspecified atom stereocenters. The molecule has 0 fully saturated rings. The van der Waals surface area contributed by atoms with Gasteiger partial charge < -0.3 is 19.1 Å². The molecule has 2 N–H and O–H groups in total. The fraction of sp³-hybridized carbons (Fsp3) is 0.312. The maximum Gasteiger partial charge on any atom is 0.412 e. The van der Waals surface area contributed by atoms with Crippen LogP contribution in [0.15, 0.2) is 28.8 Å². The van der Waals surface area contributed by atoms with Crippen molar-refractivity contribution >= 4 is 17.7 Å². The predicted octanol–water partition coefficient (Wildman–Crippen LogP) is 3.40. The van der Waals surface area contributed by atoms with E-state index in [4.69, 9.17) is 19.1 Å². The molecule has 0 saturated heterocycles. The first kappa shape index (κ1) is 17.3. The molecule has 0 saturated carbocycles. The van der Waals surface area contributed by atoms with E-state index in [1.54, 1.807) is 39.0 Å². The molecule has 1 aromatic carbocycles. The molecular formula is C16H18N2O6. The van der Waals surface area contributed by atoms with Crippen molar-refractivity contribution in [3.05, 3.63) is 30.0 Å². The maximum absolute atomic E-state index is 11.8. The SMILES string of the molecule is COc1cc(NC(=O)OC(C)(C)C)ccc1-c1cc(C(=O)O)no1. The third-order valence-corrected chi connectivity index (χ3v) is 2.84. The molecule has 8 nitrogen and oxygen atoms in total. The van der Waals surface area contributed by atoms with E-state index in [9.17, 15) is 9.59 Å². The first-order valence-electron chi connectivity index (χ1n) is 7.08. The first-order valence-corrected chi connectivity index (χ1v) is 7.08. The van der Waals surface area contributed by atoms with Crippen LogP contribution in [0.1, 0.15) is 31.3 Å². The van der Waals surface area contributed by atoms with Crippen LogP contribution in [0.3, 0.4) is 0 Å². The number of nitrogens with one attached hydrogen (secondary N) is 1. The van der Waals surface area contributed by atoms with E-state index < -0.39 is 17.7 Å². The van der Waals surface area contributed by atoms with Gasteiger partial charge in [-0.1, -0.05) is 5.16 Å². The van der Waals surface area contributed by atoms with Crippen molar-refractivity contribution in [3.63, 3.8) is 0 Å². The molecule has 0 aliphatic heterocycles. The van der Waals surface area contributed by atoms with E-state index in [0.29, 0.717) is 17.0 Å². The zero-order valence-corrected chi connectivity index (χ0v) is 13.7. The van der Waals surface area contributed by atoms with Crippen LogP contribution in [0.2, 0.25) is 0 Å². The Hall–Kier alpha value is -3.03. The molecule has 1 amide bonds. The van der Waals surface area contributed by atoms with Crippen molar-refractivity contribution in [3.8, 4) is 17.1 Å². The molecule has 2 aromatic rings. The fourth-order valence-electron chi connectivity index (χ4n) is 1.90. The van der Waals surface area contributed by atoms with Crippen LogP contribution in [0.4, 0.5) is 10.5 Å². The Bertz CT molecular complexity index is 760. The summed E-state index contributed by atoms with van der Waals surface area (Å²) >= 11 is 0. The number of amides is 1. The monoisotopic (exact) mass is 334 g/mol. The van der Waals surface area contributed by atoms with E-state index in [1.807, 2.05) is 0 Å². The summed E-state index contributed by atoms with van der Waals surface area (Å²) < 4.78 is 15.5. The summed E-state index contributed by atoms with van der Waals surface area (Å²) in [6.45, 7) is 5.29. The highest BCUT2D eigenvalue weighted by molar-refractivity contribution is 5.88. The number of rotatable bonds is 4. The van der Waals surface area contributed by atoms with Crippen molar-refractivity contribution in [1.82, 2.24) is 5.16 Å².